The number of Topliss-reactive ketones (excluding diaryl/α,β-unsaturated/α-hetero) is 1. The van der Waals surface area contributed by atoms with Crippen LogP contribution < -0.4 is 10.9 Å². The zero-order valence-electron chi connectivity index (χ0n) is 15.8. The van der Waals surface area contributed by atoms with Crippen molar-refractivity contribution in [1.29, 1.82) is 5.26 Å². The second-order valence-electron chi connectivity index (χ2n) is 6.33. The molecule has 2 heterocycles. The highest BCUT2D eigenvalue weighted by Gasteiger charge is 2.25. The van der Waals surface area contributed by atoms with Crippen molar-refractivity contribution in [3.05, 3.63) is 68.8 Å². The molecule has 2 N–H and O–H groups in total. The van der Waals surface area contributed by atoms with E-state index < -0.39 is 28.7 Å². The van der Waals surface area contributed by atoms with Crippen LogP contribution in [0.15, 0.2) is 39.5 Å². The quantitative estimate of drug-likeness (QED) is 0.650. The Bertz CT molecular complexity index is 1250. The van der Waals surface area contributed by atoms with Gasteiger partial charge in [-0.05, 0) is 38.5 Å². The van der Waals surface area contributed by atoms with E-state index in [0.717, 1.165) is 16.3 Å². The maximum absolute atomic E-state index is 12.7. The summed E-state index contributed by atoms with van der Waals surface area (Å²) in [6.45, 7) is 4.59. The number of anilines is 1. The summed E-state index contributed by atoms with van der Waals surface area (Å²) >= 11 is 0. The van der Waals surface area contributed by atoms with E-state index in [9.17, 15) is 24.8 Å². The van der Waals surface area contributed by atoms with Crippen LogP contribution in [0.3, 0.4) is 0 Å². The Morgan fingerprint density at radius 1 is 1.28 bits per heavy atom. The molecule has 3 rings (SSSR count). The van der Waals surface area contributed by atoms with Gasteiger partial charge in [0.05, 0.1) is 11.3 Å². The number of furan rings is 1. The smallest absolute Gasteiger partial charge is 0.282 e. The van der Waals surface area contributed by atoms with Gasteiger partial charge in [0, 0.05) is 6.07 Å². The van der Waals surface area contributed by atoms with Crippen LogP contribution in [0.1, 0.15) is 44.7 Å². The molecular weight excluding hydrogens is 376 g/mol. The number of aryl methyl sites for hydroxylation is 2. The molecule has 2 aromatic heterocycles. The van der Waals surface area contributed by atoms with Crippen LogP contribution in [-0.4, -0.2) is 26.6 Å². The number of aromatic nitrogens is 2. The lowest BCUT2D eigenvalue weighted by Gasteiger charge is -2.09. The lowest BCUT2D eigenvalue weighted by Crippen LogP contribution is -2.25. The zero-order valence-corrected chi connectivity index (χ0v) is 15.8. The first-order valence-corrected chi connectivity index (χ1v) is 8.49. The molecule has 9 nitrogen and oxygen atoms in total. The van der Waals surface area contributed by atoms with Gasteiger partial charge >= 0.3 is 0 Å². The fourth-order valence-corrected chi connectivity index (χ4v) is 2.88. The second kappa shape index (κ2) is 7.44. The Hall–Kier alpha value is -4.19. The van der Waals surface area contributed by atoms with Gasteiger partial charge in [0.2, 0.25) is 5.88 Å². The number of nitrogens with one attached hydrogen (secondary N) is 1. The van der Waals surface area contributed by atoms with Crippen LogP contribution >= 0.6 is 0 Å². The van der Waals surface area contributed by atoms with Crippen LogP contribution in [0.4, 0.5) is 5.88 Å². The minimum atomic E-state index is -0.913. The molecule has 0 saturated heterocycles. The number of carbonyl (C=O) groups excluding carboxylic acids is 2. The normalized spacial score (nSPS) is 10.4. The minimum Gasteiger partial charge on any atom is -0.505 e. The van der Waals surface area contributed by atoms with Gasteiger partial charge in [-0.3, -0.25) is 19.7 Å². The largest absolute Gasteiger partial charge is 0.505 e. The van der Waals surface area contributed by atoms with Gasteiger partial charge in [-0.25, -0.2) is 0 Å². The first-order valence-electron chi connectivity index (χ1n) is 8.49. The summed E-state index contributed by atoms with van der Waals surface area (Å²) in [5, 5.41) is 25.7. The van der Waals surface area contributed by atoms with Gasteiger partial charge in [-0.15, -0.1) is 0 Å². The number of aromatic hydroxyl groups is 1. The highest BCUT2D eigenvalue weighted by Crippen LogP contribution is 2.27. The molecule has 29 heavy (non-hydrogen) atoms. The third-order valence-electron chi connectivity index (χ3n) is 4.15. The zero-order chi connectivity index (χ0) is 21.3. The van der Waals surface area contributed by atoms with E-state index in [0.29, 0.717) is 5.69 Å². The predicted molar refractivity (Wildman–Crippen MR) is 102 cm³/mol. The number of nitriles is 1. The van der Waals surface area contributed by atoms with Crippen molar-refractivity contribution >= 4 is 17.6 Å². The molecule has 0 radical (unpaired) electrons. The highest BCUT2D eigenvalue weighted by atomic mass is 16.4. The molecule has 0 aliphatic heterocycles. The number of rotatable bonds is 4. The third kappa shape index (κ3) is 3.64. The number of benzene rings is 1. The number of ketones is 1. The van der Waals surface area contributed by atoms with Crippen molar-refractivity contribution < 1.29 is 19.1 Å². The molecule has 3 aromatic rings. The van der Waals surface area contributed by atoms with E-state index >= 15 is 0 Å². The number of hydrogen-bond donors (Lipinski definition) is 2. The highest BCUT2D eigenvalue weighted by molar-refractivity contribution is 6.06. The summed E-state index contributed by atoms with van der Waals surface area (Å²) in [6, 6.07) is 9.56. The summed E-state index contributed by atoms with van der Waals surface area (Å²) in [5.41, 5.74) is 0.134. The van der Waals surface area contributed by atoms with Gasteiger partial charge in [-0.1, -0.05) is 12.1 Å². The van der Waals surface area contributed by atoms with Crippen LogP contribution in [0.2, 0.25) is 0 Å². The van der Waals surface area contributed by atoms with Gasteiger partial charge in [0.1, 0.15) is 17.4 Å². The molecular formula is C20H16N4O5. The standard InChI is InChI=1S/C20H16N4O5/c1-10-5-4-6-13(7-10)24-16(27)8-15(26)18(23-24)19(28)22-20-14(9-21)17(11(2)25)12(3)29-20/h4-8,26H,1-3H3,(H,22,28). The third-order valence-corrected chi connectivity index (χ3v) is 4.15. The van der Waals surface area contributed by atoms with Crippen molar-refractivity contribution in [2.45, 2.75) is 20.8 Å². The Labute approximate surface area is 164 Å². The average Bonchev–Trinajstić information content (AvgIpc) is 2.96. The molecule has 0 saturated carbocycles. The van der Waals surface area contributed by atoms with Crippen LogP contribution in [0.25, 0.3) is 5.69 Å². The monoisotopic (exact) mass is 392 g/mol. The Balaban J connectivity index is 2.04. The average molecular weight is 392 g/mol. The van der Waals surface area contributed by atoms with Crippen molar-refractivity contribution in [2.75, 3.05) is 5.32 Å². The maximum atomic E-state index is 12.7. The van der Waals surface area contributed by atoms with E-state index in [2.05, 4.69) is 10.4 Å². The van der Waals surface area contributed by atoms with Gasteiger partial charge in [0.15, 0.2) is 17.2 Å². The van der Waals surface area contributed by atoms with Crippen LogP contribution in [0, 0.1) is 25.2 Å². The fraction of sp³-hybridized carbons (Fsp3) is 0.150. The van der Waals surface area contributed by atoms with Crippen molar-refractivity contribution in [2.24, 2.45) is 0 Å². The Morgan fingerprint density at radius 2 is 2.00 bits per heavy atom. The van der Waals surface area contributed by atoms with E-state index in [1.165, 1.54) is 13.8 Å². The topological polar surface area (TPSA) is 138 Å². The number of carbonyl (C=O) groups is 2. The van der Waals surface area contributed by atoms with Crippen LogP contribution in [0.5, 0.6) is 5.75 Å². The van der Waals surface area contributed by atoms with E-state index in [1.807, 2.05) is 19.1 Å². The molecule has 1 aromatic carbocycles. The van der Waals surface area contributed by atoms with Gasteiger partial charge < -0.3 is 9.52 Å². The molecule has 0 aliphatic rings. The lowest BCUT2D eigenvalue weighted by atomic mass is 10.1. The Kier molecular flexibility index (Phi) is 5.02. The van der Waals surface area contributed by atoms with Gasteiger partial charge in [0.25, 0.3) is 11.5 Å². The van der Waals surface area contributed by atoms with E-state index in [1.54, 1.807) is 18.2 Å². The minimum absolute atomic E-state index is 0.0599. The van der Waals surface area contributed by atoms with Crippen molar-refractivity contribution in [1.82, 2.24) is 9.78 Å². The molecule has 0 fully saturated rings. The molecule has 0 spiro atoms. The summed E-state index contributed by atoms with van der Waals surface area (Å²) in [5.74, 6) is -2.01. The molecule has 0 unspecified atom stereocenters. The van der Waals surface area contributed by atoms with Gasteiger partial charge in [-0.2, -0.15) is 15.0 Å². The van der Waals surface area contributed by atoms with Crippen LogP contribution in [-0.2, 0) is 0 Å². The molecule has 146 valence electrons. The second-order valence-corrected chi connectivity index (χ2v) is 6.33. The SMILES string of the molecule is CC(=O)c1c(C)oc(NC(=O)c2nn(-c3cccc(C)c3)c(=O)cc2O)c1C#N. The molecule has 0 aliphatic carbocycles. The molecule has 0 bridgehead atoms. The van der Waals surface area contributed by atoms with Crippen molar-refractivity contribution in [3.8, 4) is 17.5 Å². The van der Waals surface area contributed by atoms with E-state index in [4.69, 9.17) is 4.42 Å². The first kappa shape index (κ1) is 19.6. The Morgan fingerprint density at radius 3 is 2.62 bits per heavy atom. The molecule has 9 heteroatoms. The summed E-state index contributed by atoms with van der Waals surface area (Å²) < 4.78 is 6.30. The number of amides is 1. The molecule has 0 atom stereocenters. The number of nitrogens with zero attached hydrogens (tertiary/aromatic N) is 3. The fourth-order valence-electron chi connectivity index (χ4n) is 2.88. The summed E-state index contributed by atoms with van der Waals surface area (Å²) in [4.78, 5) is 36.6. The molecule has 1 amide bonds. The maximum Gasteiger partial charge on any atom is 0.282 e. The van der Waals surface area contributed by atoms with Crippen molar-refractivity contribution in [3.63, 3.8) is 0 Å². The first-order chi connectivity index (χ1) is 13.7. The summed E-state index contributed by atoms with van der Waals surface area (Å²) in [7, 11) is 0. The summed E-state index contributed by atoms with van der Waals surface area (Å²) in [6.07, 6.45) is 0. The number of hydrogen-bond acceptors (Lipinski definition) is 7. The predicted octanol–water partition coefficient (Wildman–Crippen LogP) is 2.47. The lowest BCUT2D eigenvalue weighted by molar-refractivity contribution is 0.100. The van der Waals surface area contributed by atoms with E-state index in [-0.39, 0.29) is 22.8 Å².